The molecule has 0 saturated heterocycles. The highest BCUT2D eigenvalue weighted by Crippen LogP contribution is 2.34. The van der Waals surface area contributed by atoms with Crippen LogP contribution in [-0.2, 0) is 4.79 Å². The highest BCUT2D eigenvalue weighted by molar-refractivity contribution is 8.00. The van der Waals surface area contributed by atoms with E-state index in [4.69, 9.17) is 16.3 Å². The Morgan fingerprint density at radius 2 is 1.81 bits per heavy atom. The molecule has 0 unspecified atom stereocenters. The molecule has 0 aliphatic rings. The van der Waals surface area contributed by atoms with Gasteiger partial charge >= 0.3 is 0 Å². The highest BCUT2D eigenvalue weighted by atomic mass is 35.5. The molecule has 1 atom stereocenters. The molecule has 7 nitrogen and oxygen atoms in total. The fourth-order valence-corrected chi connectivity index (χ4v) is 4.61. The zero-order valence-electron chi connectivity index (χ0n) is 20.1. The van der Waals surface area contributed by atoms with E-state index in [9.17, 15) is 9.59 Å². The summed E-state index contributed by atoms with van der Waals surface area (Å²) in [6.07, 6.45) is 0. The molecular weight excluding hydrogens is 496 g/mol. The Bertz CT molecular complexity index is 1390. The van der Waals surface area contributed by atoms with Crippen LogP contribution in [0, 0.1) is 0 Å². The van der Waals surface area contributed by atoms with Gasteiger partial charge in [-0.1, -0.05) is 47.6 Å². The summed E-state index contributed by atoms with van der Waals surface area (Å²) < 4.78 is 7.45. The van der Waals surface area contributed by atoms with Crippen LogP contribution in [-0.4, -0.2) is 38.3 Å². The second-order valence-electron chi connectivity index (χ2n) is 7.93. The molecule has 0 aliphatic carbocycles. The maximum atomic E-state index is 13.0. The van der Waals surface area contributed by atoms with Gasteiger partial charge in [-0.15, -0.1) is 10.2 Å². The van der Waals surface area contributed by atoms with Crippen LogP contribution >= 0.6 is 23.4 Å². The number of ketones is 1. The molecule has 4 aromatic rings. The van der Waals surface area contributed by atoms with Crippen LogP contribution in [0.15, 0.2) is 78.0 Å². The Morgan fingerprint density at radius 3 is 2.50 bits per heavy atom. The Balaban J connectivity index is 1.64. The number of benzene rings is 3. The van der Waals surface area contributed by atoms with Crippen molar-refractivity contribution in [2.75, 3.05) is 11.9 Å². The smallest absolute Gasteiger partial charge is 0.237 e. The number of Topliss-reactive ketones (excluding diaryl/α,β-unsaturated/α-hetero) is 1. The molecule has 0 saturated carbocycles. The molecule has 0 aliphatic heterocycles. The van der Waals surface area contributed by atoms with Crippen molar-refractivity contribution in [1.82, 2.24) is 14.8 Å². The number of nitrogens with zero attached hydrogens (tertiary/aromatic N) is 3. The van der Waals surface area contributed by atoms with Crippen LogP contribution in [0.3, 0.4) is 0 Å². The third-order valence-electron chi connectivity index (χ3n) is 5.34. The number of nitrogens with one attached hydrogen (secondary N) is 1. The Kier molecular flexibility index (Phi) is 8.07. The number of carbonyl (C=O) groups is 2. The minimum absolute atomic E-state index is 0.0657. The van der Waals surface area contributed by atoms with E-state index in [1.807, 2.05) is 54.0 Å². The average molecular weight is 521 g/mol. The lowest BCUT2D eigenvalue weighted by Crippen LogP contribution is -2.23. The van der Waals surface area contributed by atoms with Gasteiger partial charge in [0.1, 0.15) is 5.75 Å². The molecule has 184 valence electrons. The molecule has 0 fully saturated rings. The summed E-state index contributed by atoms with van der Waals surface area (Å²) in [5, 5.41) is 12.3. The number of ether oxygens (including phenoxy) is 1. The van der Waals surface area contributed by atoms with E-state index in [1.165, 1.54) is 18.7 Å². The number of halogens is 1. The SMILES string of the molecule is CCOc1ccc(-n2c(S[C@@H](C)C(=O)Nc3cccc(C(C)=O)c3)nnc2-c2ccccc2Cl)cc1. The molecule has 1 heterocycles. The van der Waals surface area contributed by atoms with Crippen LogP contribution in [0.5, 0.6) is 5.75 Å². The van der Waals surface area contributed by atoms with E-state index in [0.717, 1.165) is 17.0 Å². The summed E-state index contributed by atoms with van der Waals surface area (Å²) >= 11 is 7.75. The molecule has 0 radical (unpaired) electrons. The summed E-state index contributed by atoms with van der Waals surface area (Å²) in [7, 11) is 0. The number of carbonyl (C=O) groups excluding carboxylic acids is 2. The van der Waals surface area contributed by atoms with Crippen molar-refractivity contribution < 1.29 is 14.3 Å². The lowest BCUT2D eigenvalue weighted by atomic mass is 10.1. The van der Waals surface area contributed by atoms with Crippen LogP contribution in [0.25, 0.3) is 17.1 Å². The largest absolute Gasteiger partial charge is 0.494 e. The van der Waals surface area contributed by atoms with Crippen molar-refractivity contribution in [3.8, 4) is 22.8 Å². The minimum atomic E-state index is -0.504. The number of rotatable bonds is 9. The van der Waals surface area contributed by atoms with Crippen molar-refractivity contribution in [2.45, 2.75) is 31.2 Å². The second kappa shape index (κ2) is 11.4. The lowest BCUT2D eigenvalue weighted by Gasteiger charge is -2.15. The topological polar surface area (TPSA) is 86.1 Å². The highest BCUT2D eigenvalue weighted by Gasteiger charge is 2.23. The summed E-state index contributed by atoms with van der Waals surface area (Å²) in [6, 6.07) is 21.9. The van der Waals surface area contributed by atoms with Gasteiger partial charge in [-0.05, 0) is 69.3 Å². The molecule has 1 N–H and O–H groups in total. The Labute approximate surface area is 218 Å². The van der Waals surface area contributed by atoms with Crippen LogP contribution < -0.4 is 10.1 Å². The third kappa shape index (κ3) is 5.78. The molecule has 1 amide bonds. The van der Waals surface area contributed by atoms with E-state index < -0.39 is 5.25 Å². The van der Waals surface area contributed by atoms with Gasteiger partial charge in [-0.2, -0.15) is 0 Å². The van der Waals surface area contributed by atoms with Gasteiger partial charge < -0.3 is 10.1 Å². The molecule has 1 aromatic heterocycles. The van der Waals surface area contributed by atoms with Crippen LogP contribution in [0.4, 0.5) is 5.69 Å². The van der Waals surface area contributed by atoms with Crippen molar-refractivity contribution in [3.05, 3.63) is 83.4 Å². The van der Waals surface area contributed by atoms with Gasteiger partial charge in [0, 0.05) is 22.5 Å². The molecule has 0 spiro atoms. The fourth-order valence-electron chi connectivity index (χ4n) is 3.53. The maximum absolute atomic E-state index is 13.0. The Morgan fingerprint density at radius 1 is 1.06 bits per heavy atom. The summed E-state index contributed by atoms with van der Waals surface area (Å²) in [5.41, 5.74) is 2.63. The third-order valence-corrected chi connectivity index (χ3v) is 6.71. The van der Waals surface area contributed by atoms with Crippen molar-refractivity contribution >= 4 is 40.7 Å². The number of hydrogen-bond donors (Lipinski definition) is 1. The van der Waals surface area contributed by atoms with Gasteiger partial charge in [0.2, 0.25) is 5.91 Å². The number of thioether (sulfide) groups is 1. The summed E-state index contributed by atoms with van der Waals surface area (Å²) in [5.74, 6) is 1.03. The average Bonchev–Trinajstić information content (AvgIpc) is 3.28. The summed E-state index contributed by atoms with van der Waals surface area (Å²) in [6.45, 7) is 5.78. The molecule has 9 heteroatoms. The zero-order chi connectivity index (χ0) is 25.7. The first kappa shape index (κ1) is 25.5. The predicted molar refractivity (Wildman–Crippen MR) is 143 cm³/mol. The normalized spacial score (nSPS) is 11.7. The predicted octanol–water partition coefficient (Wildman–Crippen LogP) is 6.31. The number of amides is 1. The minimum Gasteiger partial charge on any atom is -0.494 e. The molecular formula is C27H25ClN4O3S. The van der Waals surface area contributed by atoms with Crippen LogP contribution in [0.1, 0.15) is 31.1 Å². The fraction of sp³-hybridized carbons (Fsp3) is 0.185. The van der Waals surface area contributed by atoms with E-state index in [1.54, 1.807) is 37.3 Å². The van der Waals surface area contributed by atoms with Gasteiger partial charge in [-0.25, -0.2) is 0 Å². The van der Waals surface area contributed by atoms with Gasteiger partial charge in [0.25, 0.3) is 0 Å². The van der Waals surface area contributed by atoms with E-state index in [-0.39, 0.29) is 11.7 Å². The summed E-state index contributed by atoms with van der Waals surface area (Å²) in [4.78, 5) is 24.7. The first-order valence-electron chi connectivity index (χ1n) is 11.4. The molecule has 36 heavy (non-hydrogen) atoms. The van der Waals surface area contributed by atoms with E-state index in [0.29, 0.717) is 33.9 Å². The van der Waals surface area contributed by atoms with Crippen molar-refractivity contribution in [2.24, 2.45) is 0 Å². The first-order chi connectivity index (χ1) is 17.4. The number of aromatic nitrogens is 3. The Hall–Kier alpha value is -3.62. The first-order valence-corrected chi connectivity index (χ1v) is 12.6. The lowest BCUT2D eigenvalue weighted by molar-refractivity contribution is -0.115. The second-order valence-corrected chi connectivity index (χ2v) is 9.65. The van der Waals surface area contributed by atoms with Crippen LogP contribution in [0.2, 0.25) is 5.02 Å². The monoisotopic (exact) mass is 520 g/mol. The van der Waals surface area contributed by atoms with Crippen molar-refractivity contribution in [3.63, 3.8) is 0 Å². The molecule has 0 bridgehead atoms. The van der Waals surface area contributed by atoms with Gasteiger partial charge in [-0.3, -0.25) is 14.2 Å². The molecule has 3 aromatic carbocycles. The quantitative estimate of drug-likeness (QED) is 0.205. The standard InChI is InChI=1S/C27H25ClN4O3S/c1-4-35-22-14-12-21(13-15-22)32-25(23-10-5-6-11-24(23)28)30-31-27(32)36-18(3)26(34)29-20-9-7-8-19(16-20)17(2)33/h5-16,18H,4H2,1-3H3,(H,29,34)/t18-/m0/s1. The van der Waals surface area contributed by atoms with E-state index in [2.05, 4.69) is 15.5 Å². The van der Waals surface area contributed by atoms with E-state index >= 15 is 0 Å². The van der Waals surface area contributed by atoms with Gasteiger partial charge in [0.05, 0.1) is 16.9 Å². The maximum Gasteiger partial charge on any atom is 0.237 e. The van der Waals surface area contributed by atoms with Crippen molar-refractivity contribution in [1.29, 1.82) is 0 Å². The number of anilines is 1. The van der Waals surface area contributed by atoms with Gasteiger partial charge in [0.15, 0.2) is 16.8 Å². The molecule has 4 rings (SSSR count). The zero-order valence-corrected chi connectivity index (χ0v) is 21.6. The number of hydrogen-bond acceptors (Lipinski definition) is 6.